The molecule has 1 aliphatic heterocycles. The summed E-state index contributed by atoms with van der Waals surface area (Å²) in [7, 11) is 0. The third kappa shape index (κ3) is 3.31. The number of para-hydroxylation sites is 1. The van der Waals surface area contributed by atoms with Crippen LogP contribution in [0, 0.1) is 0 Å². The fraction of sp³-hybridized carbons (Fsp3) is 0.103. The van der Waals surface area contributed by atoms with Gasteiger partial charge >= 0.3 is 0 Å². The summed E-state index contributed by atoms with van der Waals surface area (Å²) in [5.41, 5.74) is 3.82. The Kier molecular flexibility index (Phi) is 4.58. The lowest BCUT2D eigenvalue weighted by molar-refractivity contribution is -0.121. The Morgan fingerprint density at radius 2 is 1.48 bits per heavy atom. The molecule has 1 atom stereocenters. The van der Waals surface area contributed by atoms with E-state index in [0.717, 1.165) is 27.2 Å². The summed E-state index contributed by atoms with van der Waals surface area (Å²) in [6, 6.07) is 32.1. The Morgan fingerprint density at radius 1 is 0.758 bits per heavy atom. The van der Waals surface area contributed by atoms with Crippen LogP contribution in [-0.2, 0) is 16.1 Å². The highest BCUT2D eigenvalue weighted by Gasteiger charge is 2.41. The summed E-state index contributed by atoms with van der Waals surface area (Å²) in [4.78, 5) is 28.0. The molecule has 1 aromatic heterocycles. The minimum Gasteiger partial charge on any atom is -0.343 e. The minimum absolute atomic E-state index is 0.153. The molecule has 0 N–H and O–H groups in total. The molecule has 5 aromatic rings. The van der Waals surface area contributed by atoms with Crippen LogP contribution in [0.15, 0.2) is 103 Å². The van der Waals surface area contributed by atoms with Crippen LogP contribution in [-0.4, -0.2) is 16.4 Å². The maximum atomic E-state index is 13.6. The minimum atomic E-state index is -0.481. The molecule has 1 saturated heterocycles. The first-order valence-corrected chi connectivity index (χ1v) is 11.2. The second-order valence-electron chi connectivity index (χ2n) is 8.57. The highest BCUT2D eigenvalue weighted by atomic mass is 16.2. The van der Waals surface area contributed by atoms with Crippen molar-refractivity contribution in [3.8, 4) is 0 Å². The largest absolute Gasteiger partial charge is 0.343 e. The van der Waals surface area contributed by atoms with E-state index in [0.29, 0.717) is 12.2 Å². The Morgan fingerprint density at radius 3 is 2.33 bits per heavy atom. The van der Waals surface area contributed by atoms with E-state index in [-0.39, 0.29) is 18.2 Å². The van der Waals surface area contributed by atoms with Gasteiger partial charge in [0, 0.05) is 30.1 Å². The second-order valence-corrected chi connectivity index (χ2v) is 8.57. The summed E-state index contributed by atoms with van der Waals surface area (Å²) in [5, 5.41) is 3.12. The number of aromatic nitrogens is 1. The molecule has 160 valence electrons. The number of carbonyl (C=O) groups is 2. The van der Waals surface area contributed by atoms with Crippen LogP contribution < -0.4 is 4.90 Å². The van der Waals surface area contributed by atoms with Gasteiger partial charge in [-0.05, 0) is 40.1 Å². The lowest BCUT2D eigenvalue weighted by atomic mass is 9.97. The second kappa shape index (κ2) is 7.75. The van der Waals surface area contributed by atoms with E-state index in [9.17, 15) is 9.59 Å². The van der Waals surface area contributed by atoms with E-state index < -0.39 is 5.92 Å². The third-order valence-electron chi connectivity index (χ3n) is 6.53. The van der Waals surface area contributed by atoms with Gasteiger partial charge in [-0.2, -0.15) is 0 Å². The standard InChI is InChI=1S/C29H22N2O2/c32-28-17-25(29(33)31(28)23-15-14-21-10-4-5-11-22(21)16-23)26-19-30(18-20-8-2-1-3-9-20)27-13-7-6-12-24(26)27/h1-16,19,25H,17-18H2/t25-/m0/s1. The average Bonchev–Trinajstić information content (AvgIpc) is 3.36. The number of nitrogens with zero attached hydrogens (tertiary/aromatic N) is 2. The van der Waals surface area contributed by atoms with Crippen molar-refractivity contribution >= 4 is 39.2 Å². The zero-order valence-electron chi connectivity index (χ0n) is 18.0. The van der Waals surface area contributed by atoms with Crippen molar-refractivity contribution in [2.24, 2.45) is 0 Å². The lowest BCUT2D eigenvalue weighted by Crippen LogP contribution is -2.29. The summed E-state index contributed by atoms with van der Waals surface area (Å²) in [5.74, 6) is -0.788. The van der Waals surface area contributed by atoms with Gasteiger partial charge in [0.05, 0.1) is 11.6 Å². The van der Waals surface area contributed by atoms with Crippen molar-refractivity contribution in [1.82, 2.24) is 4.57 Å². The van der Waals surface area contributed by atoms with E-state index in [2.05, 4.69) is 29.0 Å². The number of imide groups is 1. The van der Waals surface area contributed by atoms with Crippen molar-refractivity contribution in [1.29, 1.82) is 0 Å². The van der Waals surface area contributed by atoms with E-state index in [1.54, 1.807) is 0 Å². The van der Waals surface area contributed by atoms with Gasteiger partial charge in [0.25, 0.3) is 0 Å². The summed E-state index contributed by atoms with van der Waals surface area (Å²) in [6.07, 6.45) is 2.24. The number of fused-ring (bicyclic) bond motifs is 2. The van der Waals surface area contributed by atoms with Crippen LogP contribution in [0.2, 0.25) is 0 Å². The molecule has 0 radical (unpaired) electrons. The van der Waals surface area contributed by atoms with E-state index in [4.69, 9.17) is 0 Å². The normalized spacial score (nSPS) is 16.2. The fourth-order valence-corrected chi connectivity index (χ4v) is 4.93. The Bertz CT molecular complexity index is 1520. The van der Waals surface area contributed by atoms with Crippen LogP contribution in [0.1, 0.15) is 23.5 Å². The molecule has 4 heteroatoms. The van der Waals surface area contributed by atoms with Gasteiger partial charge in [0.2, 0.25) is 11.8 Å². The lowest BCUT2D eigenvalue weighted by Gasteiger charge is -2.16. The van der Waals surface area contributed by atoms with Gasteiger partial charge in [-0.3, -0.25) is 9.59 Å². The molecule has 6 rings (SSSR count). The number of amides is 2. The predicted molar refractivity (Wildman–Crippen MR) is 131 cm³/mol. The molecule has 4 aromatic carbocycles. The average molecular weight is 431 g/mol. The van der Waals surface area contributed by atoms with Gasteiger partial charge in [0.15, 0.2) is 0 Å². The molecular weight excluding hydrogens is 408 g/mol. The number of anilines is 1. The van der Waals surface area contributed by atoms with Gasteiger partial charge in [0.1, 0.15) is 0 Å². The van der Waals surface area contributed by atoms with Crippen LogP contribution in [0.4, 0.5) is 5.69 Å². The molecular formula is C29H22N2O2. The number of carbonyl (C=O) groups excluding carboxylic acids is 2. The Hall–Kier alpha value is -4.18. The highest BCUT2D eigenvalue weighted by molar-refractivity contribution is 6.23. The number of hydrogen-bond acceptors (Lipinski definition) is 2. The van der Waals surface area contributed by atoms with Crippen LogP contribution in [0.3, 0.4) is 0 Å². The van der Waals surface area contributed by atoms with Crippen molar-refractivity contribution in [3.05, 3.63) is 114 Å². The SMILES string of the molecule is O=C1C[C@@H](c2cn(Cc3ccccc3)c3ccccc23)C(=O)N1c1ccc2ccccc2c1. The number of rotatable bonds is 4. The van der Waals surface area contributed by atoms with Gasteiger partial charge < -0.3 is 4.57 Å². The van der Waals surface area contributed by atoms with Crippen molar-refractivity contribution in [2.75, 3.05) is 4.90 Å². The molecule has 0 unspecified atom stereocenters. The number of benzene rings is 4. The summed E-state index contributed by atoms with van der Waals surface area (Å²) in [6.45, 7) is 0.713. The van der Waals surface area contributed by atoms with Crippen molar-refractivity contribution in [2.45, 2.75) is 18.9 Å². The first kappa shape index (κ1) is 19.5. The molecule has 0 aliphatic carbocycles. The molecule has 33 heavy (non-hydrogen) atoms. The smallest absolute Gasteiger partial charge is 0.241 e. The van der Waals surface area contributed by atoms with Crippen LogP contribution in [0.25, 0.3) is 21.7 Å². The van der Waals surface area contributed by atoms with Gasteiger partial charge in [-0.25, -0.2) is 4.90 Å². The monoisotopic (exact) mass is 430 g/mol. The Balaban J connectivity index is 1.39. The summed E-state index contributed by atoms with van der Waals surface area (Å²) < 4.78 is 2.18. The Labute approximate surface area is 191 Å². The molecule has 0 spiro atoms. The zero-order valence-corrected chi connectivity index (χ0v) is 18.0. The zero-order chi connectivity index (χ0) is 22.4. The molecule has 2 amide bonds. The fourth-order valence-electron chi connectivity index (χ4n) is 4.93. The maximum Gasteiger partial charge on any atom is 0.241 e. The first-order chi connectivity index (χ1) is 16.2. The predicted octanol–water partition coefficient (Wildman–Crippen LogP) is 5.89. The van der Waals surface area contributed by atoms with Crippen LogP contribution >= 0.6 is 0 Å². The van der Waals surface area contributed by atoms with E-state index in [1.807, 2.05) is 78.9 Å². The third-order valence-corrected chi connectivity index (χ3v) is 6.53. The molecule has 0 bridgehead atoms. The molecule has 2 heterocycles. The molecule has 1 fully saturated rings. The molecule has 4 nitrogen and oxygen atoms in total. The van der Waals surface area contributed by atoms with E-state index >= 15 is 0 Å². The molecule has 0 saturated carbocycles. The highest BCUT2D eigenvalue weighted by Crippen LogP contribution is 2.38. The quantitative estimate of drug-likeness (QED) is 0.334. The van der Waals surface area contributed by atoms with E-state index in [1.165, 1.54) is 10.5 Å². The van der Waals surface area contributed by atoms with Gasteiger partial charge in [-0.15, -0.1) is 0 Å². The summed E-state index contributed by atoms with van der Waals surface area (Å²) >= 11 is 0. The number of hydrogen-bond donors (Lipinski definition) is 0. The van der Waals surface area contributed by atoms with Crippen molar-refractivity contribution in [3.63, 3.8) is 0 Å². The first-order valence-electron chi connectivity index (χ1n) is 11.2. The maximum absolute atomic E-state index is 13.6. The molecule has 1 aliphatic rings. The van der Waals surface area contributed by atoms with Crippen LogP contribution in [0.5, 0.6) is 0 Å². The van der Waals surface area contributed by atoms with Gasteiger partial charge in [-0.1, -0.05) is 78.9 Å². The topological polar surface area (TPSA) is 42.3 Å². The van der Waals surface area contributed by atoms with Crippen molar-refractivity contribution < 1.29 is 9.59 Å².